The van der Waals surface area contributed by atoms with E-state index >= 15 is 0 Å². The molecule has 0 fully saturated rings. The first-order valence-corrected chi connectivity index (χ1v) is 5.52. The molecule has 7 nitrogen and oxygen atoms in total. The van der Waals surface area contributed by atoms with Crippen molar-refractivity contribution in [3.63, 3.8) is 0 Å². The van der Waals surface area contributed by atoms with Gasteiger partial charge in [-0.25, -0.2) is 0 Å². The van der Waals surface area contributed by atoms with Crippen LogP contribution in [0.3, 0.4) is 0 Å². The van der Waals surface area contributed by atoms with Gasteiger partial charge < -0.3 is 21.5 Å². The summed E-state index contributed by atoms with van der Waals surface area (Å²) >= 11 is 1.31. The third kappa shape index (κ3) is 4.11. The molecular formula is C9H12N4O3S. The maximum atomic E-state index is 11.7. The molecule has 1 aromatic heterocycles. The van der Waals surface area contributed by atoms with Gasteiger partial charge in [-0.05, 0) is 11.4 Å². The van der Waals surface area contributed by atoms with Crippen molar-refractivity contribution in [2.24, 2.45) is 5.73 Å². The molecule has 8 heteroatoms. The number of thiophene rings is 1. The Morgan fingerprint density at radius 1 is 1.59 bits per heavy atom. The fourth-order valence-corrected chi connectivity index (χ4v) is 1.92. The highest BCUT2D eigenvalue weighted by atomic mass is 32.1. The van der Waals surface area contributed by atoms with Crippen LogP contribution < -0.4 is 16.4 Å². The van der Waals surface area contributed by atoms with E-state index in [1.54, 1.807) is 17.5 Å². The number of carboxylic acid groups (broad SMARTS) is 1. The van der Waals surface area contributed by atoms with Crippen LogP contribution in [0, 0.1) is 5.41 Å². The molecule has 1 atom stereocenters. The van der Waals surface area contributed by atoms with Crippen LogP contribution in [0.15, 0.2) is 17.5 Å². The van der Waals surface area contributed by atoms with Gasteiger partial charge in [-0.1, -0.05) is 6.07 Å². The van der Waals surface area contributed by atoms with Crippen molar-refractivity contribution in [1.82, 2.24) is 10.6 Å². The third-order valence-electron chi connectivity index (χ3n) is 1.80. The maximum Gasteiger partial charge on any atom is 0.322 e. The lowest BCUT2D eigenvalue weighted by Crippen LogP contribution is -2.43. The molecule has 92 valence electrons. The highest BCUT2D eigenvalue weighted by Crippen LogP contribution is 2.18. The van der Waals surface area contributed by atoms with E-state index in [2.05, 4.69) is 10.6 Å². The van der Waals surface area contributed by atoms with Gasteiger partial charge in [-0.15, -0.1) is 11.3 Å². The topological polar surface area (TPSA) is 128 Å². The van der Waals surface area contributed by atoms with Crippen molar-refractivity contribution in [2.75, 3.05) is 6.54 Å². The smallest absolute Gasteiger partial charge is 0.322 e. The van der Waals surface area contributed by atoms with E-state index in [0.717, 1.165) is 0 Å². The predicted molar refractivity (Wildman–Crippen MR) is 62.8 cm³/mol. The zero-order chi connectivity index (χ0) is 12.8. The largest absolute Gasteiger partial charge is 0.480 e. The minimum absolute atomic E-state index is 0.353. The number of amides is 1. The van der Waals surface area contributed by atoms with Gasteiger partial charge >= 0.3 is 5.97 Å². The van der Waals surface area contributed by atoms with Gasteiger partial charge in [0.1, 0.15) is 12.6 Å². The van der Waals surface area contributed by atoms with E-state index in [0.29, 0.717) is 4.88 Å². The van der Waals surface area contributed by atoms with Gasteiger partial charge in [0, 0.05) is 4.88 Å². The number of carbonyl (C=O) groups excluding carboxylic acids is 1. The Morgan fingerprint density at radius 2 is 2.29 bits per heavy atom. The molecule has 0 aromatic carbocycles. The molecule has 0 radical (unpaired) electrons. The lowest BCUT2D eigenvalue weighted by molar-refractivity contribution is -0.138. The standard InChI is InChI=1S/C9H12N4O3S/c10-9(11)13-7(5-2-1-3-17-5)8(16)12-4-6(14)15/h1-3,7H,4H2,(H,12,16)(H,14,15)(H4,10,11,13). The van der Waals surface area contributed by atoms with Gasteiger partial charge in [-0.2, -0.15) is 0 Å². The van der Waals surface area contributed by atoms with E-state index in [1.165, 1.54) is 11.3 Å². The summed E-state index contributed by atoms with van der Waals surface area (Å²) in [5, 5.41) is 22.0. The van der Waals surface area contributed by atoms with E-state index in [4.69, 9.17) is 16.2 Å². The van der Waals surface area contributed by atoms with Crippen LogP contribution in [0.1, 0.15) is 10.9 Å². The minimum Gasteiger partial charge on any atom is -0.480 e. The first kappa shape index (κ1) is 13.0. The second-order valence-electron chi connectivity index (χ2n) is 3.12. The summed E-state index contributed by atoms with van der Waals surface area (Å²) in [5.41, 5.74) is 5.17. The average Bonchev–Trinajstić information content (AvgIpc) is 2.75. The second-order valence-corrected chi connectivity index (χ2v) is 4.10. The van der Waals surface area contributed by atoms with Crippen LogP contribution in [-0.4, -0.2) is 29.5 Å². The third-order valence-corrected chi connectivity index (χ3v) is 2.74. The van der Waals surface area contributed by atoms with Gasteiger partial charge in [0.2, 0.25) is 5.91 Å². The fourth-order valence-electron chi connectivity index (χ4n) is 1.14. The number of hydrogen-bond acceptors (Lipinski definition) is 4. The molecule has 0 aliphatic rings. The van der Waals surface area contributed by atoms with Gasteiger partial charge in [-0.3, -0.25) is 15.0 Å². The van der Waals surface area contributed by atoms with E-state index in [-0.39, 0.29) is 5.96 Å². The highest BCUT2D eigenvalue weighted by Gasteiger charge is 2.22. The summed E-state index contributed by atoms with van der Waals surface area (Å²) in [4.78, 5) is 22.7. The molecule has 1 rings (SSSR count). The number of nitrogens with two attached hydrogens (primary N) is 1. The number of hydrogen-bond donors (Lipinski definition) is 5. The number of carboxylic acids is 1. The molecule has 0 spiro atoms. The Bertz CT molecular complexity index is 418. The molecule has 0 bridgehead atoms. The lowest BCUT2D eigenvalue weighted by atomic mass is 10.2. The zero-order valence-electron chi connectivity index (χ0n) is 8.77. The molecule has 6 N–H and O–H groups in total. The van der Waals surface area contributed by atoms with Gasteiger partial charge in [0.05, 0.1) is 0 Å². The molecule has 0 saturated heterocycles. The molecule has 17 heavy (non-hydrogen) atoms. The Morgan fingerprint density at radius 3 is 2.76 bits per heavy atom. The van der Waals surface area contributed by atoms with Crippen molar-refractivity contribution in [3.8, 4) is 0 Å². The van der Waals surface area contributed by atoms with Crippen molar-refractivity contribution in [1.29, 1.82) is 5.41 Å². The molecule has 0 saturated carbocycles. The first-order chi connectivity index (χ1) is 8.00. The SMILES string of the molecule is N=C(N)NC(C(=O)NCC(=O)O)c1cccs1. The second kappa shape index (κ2) is 5.85. The van der Waals surface area contributed by atoms with E-state index < -0.39 is 24.5 Å². The first-order valence-electron chi connectivity index (χ1n) is 4.64. The van der Waals surface area contributed by atoms with Crippen LogP contribution in [0.25, 0.3) is 0 Å². The average molecular weight is 256 g/mol. The van der Waals surface area contributed by atoms with Crippen molar-refractivity contribution >= 4 is 29.2 Å². The molecule has 1 amide bonds. The maximum absolute atomic E-state index is 11.7. The Labute approximate surface area is 101 Å². The van der Waals surface area contributed by atoms with Crippen LogP contribution >= 0.6 is 11.3 Å². The summed E-state index contributed by atoms with van der Waals surface area (Å²) in [7, 11) is 0. The van der Waals surface area contributed by atoms with Crippen LogP contribution in [0.5, 0.6) is 0 Å². The highest BCUT2D eigenvalue weighted by molar-refractivity contribution is 7.10. The minimum atomic E-state index is -1.13. The molecular weight excluding hydrogens is 244 g/mol. The normalized spacial score (nSPS) is 11.5. The molecule has 0 aliphatic heterocycles. The number of nitrogens with one attached hydrogen (secondary N) is 3. The Balaban J connectivity index is 2.73. The van der Waals surface area contributed by atoms with Crippen molar-refractivity contribution in [3.05, 3.63) is 22.4 Å². The van der Waals surface area contributed by atoms with Crippen molar-refractivity contribution in [2.45, 2.75) is 6.04 Å². The molecule has 1 unspecified atom stereocenters. The quantitative estimate of drug-likeness (QED) is 0.357. The van der Waals surface area contributed by atoms with Gasteiger partial charge in [0.25, 0.3) is 0 Å². The van der Waals surface area contributed by atoms with Crippen LogP contribution in [0.4, 0.5) is 0 Å². The summed E-state index contributed by atoms with van der Waals surface area (Å²) in [6, 6.07) is 2.61. The summed E-state index contributed by atoms with van der Waals surface area (Å²) in [5.74, 6) is -2.02. The molecule has 1 aromatic rings. The lowest BCUT2D eigenvalue weighted by Gasteiger charge is -2.16. The van der Waals surface area contributed by atoms with E-state index in [9.17, 15) is 9.59 Å². The summed E-state index contributed by atoms with van der Waals surface area (Å²) < 4.78 is 0. The molecule has 1 heterocycles. The summed E-state index contributed by atoms with van der Waals surface area (Å²) in [6.45, 7) is -0.472. The van der Waals surface area contributed by atoms with Gasteiger partial charge in [0.15, 0.2) is 5.96 Å². The predicted octanol–water partition coefficient (Wildman–Crippen LogP) is -0.527. The Hall–Kier alpha value is -2.09. The molecule has 0 aliphatic carbocycles. The van der Waals surface area contributed by atoms with Crippen LogP contribution in [0.2, 0.25) is 0 Å². The van der Waals surface area contributed by atoms with Crippen LogP contribution in [-0.2, 0) is 9.59 Å². The number of rotatable bonds is 5. The number of guanidine groups is 1. The van der Waals surface area contributed by atoms with E-state index in [1.807, 2.05) is 0 Å². The Kier molecular flexibility index (Phi) is 4.46. The fraction of sp³-hybridized carbons (Fsp3) is 0.222. The van der Waals surface area contributed by atoms with Crippen molar-refractivity contribution < 1.29 is 14.7 Å². The number of carbonyl (C=O) groups is 2. The number of aliphatic carboxylic acids is 1. The zero-order valence-corrected chi connectivity index (χ0v) is 9.58. The summed E-state index contributed by atoms with van der Waals surface area (Å²) in [6.07, 6.45) is 0. The monoisotopic (exact) mass is 256 g/mol.